The van der Waals surface area contributed by atoms with Gasteiger partial charge in [-0.15, -0.1) is 0 Å². The van der Waals surface area contributed by atoms with Gasteiger partial charge in [-0.25, -0.2) is 4.68 Å². The van der Waals surface area contributed by atoms with E-state index in [0.29, 0.717) is 0 Å². The van der Waals surface area contributed by atoms with Gasteiger partial charge in [0.05, 0.1) is 28.9 Å². The Morgan fingerprint density at radius 2 is 2.62 bits per heavy atom. The van der Waals surface area contributed by atoms with E-state index in [-0.39, 0.29) is 22.0 Å². The molecule has 0 aliphatic heterocycles. The minimum Gasteiger partial charge on any atom is -0.262 e. The Labute approximate surface area is 95.8 Å². The van der Waals surface area contributed by atoms with Crippen molar-refractivity contribution in [3.8, 4) is 5.69 Å². The van der Waals surface area contributed by atoms with Crippen LogP contribution < -0.4 is 0 Å². The van der Waals surface area contributed by atoms with Crippen LogP contribution in [-0.2, 0) is 0 Å². The van der Waals surface area contributed by atoms with Gasteiger partial charge in [0.15, 0.2) is 0 Å². The Morgan fingerprint density at radius 3 is 3.38 bits per heavy atom. The lowest BCUT2D eigenvalue weighted by molar-refractivity contribution is 0.857. The Bertz CT molecular complexity index is 723. The van der Waals surface area contributed by atoms with Crippen LogP contribution in [-0.4, -0.2) is 14.8 Å². The quantitative estimate of drug-likeness (QED) is 0.773. The van der Waals surface area contributed by atoms with Crippen molar-refractivity contribution >= 4 is 15.9 Å². The van der Waals surface area contributed by atoms with Crippen molar-refractivity contribution in [2.45, 2.75) is 6.85 Å². The molecule has 66 valence electrons. The van der Waals surface area contributed by atoms with Crippen LogP contribution in [0.1, 0.15) is 16.7 Å². The monoisotopic (exact) mass is 245 g/mol. The summed E-state index contributed by atoms with van der Waals surface area (Å²) in [6.07, 6.45) is -1.44. The molecule has 0 radical (unpaired) electrons. The molecule has 0 atom stereocenters. The maximum Gasteiger partial charge on any atom is 0.0863 e. The standard InChI is InChI=1S/C9H8BrN3/c1-7-9(10)6-13(12-7)8-3-2-4-11-5-8/h2-6H,1H3/i1D3,2D,3D,4D,5D,6D. The molecule has 0 bridgehead atoms. The van der Waals surface area contributed by atoms with Gasteiger partial charge in [0.2, 0.25) is 0 Å². The summed E-state index contributed by atoms with van der Waals surface area (Å²) in [5.41, 5.74) is -0.690. The molecule has 0 spiro atoms. The van der Waals surface area contributed by atoms with Crippen molar-refractivity contribution in [2.75, 3.05) is 0 Å². The average Bonchev–Trinajstić information content (AvgIpc) is 2.64. The molecule has 0 saturated carbocycles. The first-order chi connectivity index (χ1) is 9.55. The fraction of sp³-hybridized carbons (Fsp3) is 0.111. The van der Waals surface area contributed by atoms with Crippen LogP contribution in [0.5, 0.6) is 0 Å². The molecule has 0 aromatic carbocycles. The van der Waals surface area contributed by atoms with Gasteiger partial charge in [0, 0.05) is 16.5 Å². The number of aromatic nitrogens is 3. The zero-order valence-electron chi connectivity index (χ0n) is 14.2. The summed E-state index contributed by atoms with van der Waals surface area (Å²) >= 11 is 2.96. The zero-order valence-corrected chi connectivity index (χ0v) is 7.81. The number of halogens is 1. The predicted octanol–water partition coefficient (Wildman–Crippen LogP) is 2.34. The van der Waals surface area contributed by atoms with Crippen LogP contribution in [0.3, 0.4) is 0 Å². The van der Waals surface area contributed by atoms with Gasteiger partial charge in [0.1, 0.15) is 0 Å². The molecule has 0 N–H and O–H groups in total. The second kappa shape index (κ2) is 3.30. The molecule has 0 unspecified atom stereocenters. The third kappa shape index (κ3) is 1.62. The first kappa shape index (κ1) is 3.20. The van der Waals surface area contributed by atoms with E-state index >= 15 is 0 Å². The van der Waals surface area contributed by atoms with Crippen LogP contribution in [0.25, 0.3) is 5.69 Å². The van der Waals surface area contributed by atoms with Gasteiger partial charge in [-0.05, 0) is 34.9 Å². The van der Waals surface area contributed by atoms with E-state index in [4.69, 9.17) is 11.0 Å². The molecule has 2 aromatic rings. The summed E-state index contributed by atoms with van der Waals surface area (Å²) < 4.78 is 60.9. The summed E-state index contributed by atoms with van der Waals surface area (Å²) in [4.78, 5) is 3.48. The normalized spacial score (nSPS) is 20.1. The van der Waals surface area contributed by atoms with Crippen LogP contribution in [0.4, 0.5) is 0 Å². The van der Waals surface area contributed by atoms with Gasteiger partial charge < -0.3 is 0 Å². The fourth-order valence-corrected chi connectivity index (χ4v) is 0.992. The summed E-state index contributed by atoms with van der Waals surface area (Å²) in [7, 11) is 0. The van der Waals surface area contributed by atoms with Gasteiger partial charge in [-0.2, -0.15) is 5.10 Å². The third-order valence-corrected chi connectivity index (χ3v) is 1.83. The Balaban J connectivity index is 2.78. The van der Waals surface area contributed by atoms with E-state index in [2.05, 4.69) is 26.0 Å². The maximum atomic E-state index is 7.85. The molecule has 2 rings (SSSR count). The van der Waals surface area contributed by atoms with Crippen molar-refractivity contribution in [3.05, 3.63) is 40.8 Å². The molecule has 2 aromatic heterocycles. The third-order valence-electron chi connectivity index (χ3n) is 1.28. The maximum absolute atomic E-state index is 7.85. The van der Waals surface area contributed by atoms with Gasteiger partial charge >= 0.3 is 0 Å². The minimum absolute atomic E-state index is 0.0808. The lowest BCUT2D eigenvalue weighted by Crippen LogP contribution is -1.94. The van der Waals surface area contributed by atoms with Crippen LogP contribution >= 0.6 is 15.9 Å². The molecular weight excluding hydrogens is 230 g/mol. The molecule has 0 saturated heterocycles. The van der Waals surface area contributed by atoms with Crippen molar-refractivity contribution in [1.82, 2.24) is 14.8 Å². The van der Waals surface area contributed by atoms with Gasteiger partial charge in [0.25, 0.3) is 0 Å². The van der Waals surface area contributed by atoms with E-state index in [1.807, 2.05) is 0 Å². The SMILES string of the molecule is [2H]c1nc([2H])c(-n2nc(C([2H])([2H])[2H])c(Br)c2[2H])c([2H])c1[2H]. The summed E-state index contributed by atoms with van der Waals surface area (Å²) in [6.45, 7) is -2.57. The highest BCUT2D eigenvalue weighted by atomic mass is 79.9. The van der Waals surface area contributed by atoms with Crippen molar-refractivity contribution in [3.63, 3.8) is 0 Å². The average molecular weight is 246 g/mol. The summed E-state index contributed by atoms with van der Waals surface area (Å²) in [6, 6.07) is -1.04. The number of hydrogen-bond acceptors (Lipinski definition) is 2. The summed E-state index contributed by atoms with van der Waals surface area (Å²) in [5, 5.41) is 3.74. The van der Waals surface area contributed by atoms with Crippen LogP contribution in [0.2, 0.25) is 0 Å². The second-order valence-electron chi connectivity index (χ2n) is 2.12. The topological polar surface area (TPSA) is 30.7 Å². The number of nitrogens with zero attached hydrogens (tertiary/aromatic N) is 3. The first-order valence-electron chi connectivity index (χ1n) is 7.26. The largest absolute Gasteiger partial charge is 0.262 e. The van der Waals surface area contributed by atoms with Crippen LogP contribution in [0, 0.1) is 6.85 Å². The van der Waals surface area contributed by atoms with Crippen molar-refractivity contribution < 1.29 is 11.0 Å². The molecule has 3 nitrogen and oxygen atoms in total. The predicted molar refractivity (Wildman–Crippen MR) is 53.8 cm³/mol. The van der Waals surface area contributed by atoms with Crippen molar-refractivity contribution in [2.24, 2.45) is 0 Å². The zero-order chi connectivity index (χ0) is 16.1. The highest BCUT2D eigenvalue weighted by Crippen LogP contribution is 2.15. The molecule has 0 fully saturated rings. The molecule has 4 heteroatoms. The number of aryl methyl sites for hydroxylation is 1. The molecule has 0 aliphatic carbocycles. The van der Waals surface area contributed by atoms with E-state index in [1.54, 1.807) is 0 Å². The van der Waals surface area contributed by atoms with E-state index in [0.717, 1.165) is 4.68 Å². The number of rotatable bonds is 1. The van der Waals surface area contributed by atoms with Crippen molar-refractivity contribution in [1.29, 1.82) is 0 Å². The lowest BCUT2D eigenvalue weighted by atomic mass is 10.4. The van der Waals surface area contributed by atoms with E-state index in [9.17, 15) is 0 Å². The van der Waals surface area contributed by atoms with E-state index in [1.165, 1.54) is 0 Å². The molecule has 2 heterocycles. The highest BCUT2D eigenvalue weighted by Gasteiger charge is 2.02. The molecule has 0 amide bonds. The Morgan fingerprint density at radius 1 is 1.69 bits per heavy atom. The molecule has 13 heavy (non-hydrogen) atoms. The van der Waals surface area contributed by atoms with Crippen LogP contribution in [0.15, 0.2) is 35.1 Å². The Kier molecular flexibility index (Phi) is 0.813. The first-order valence-corrected chi connectivity index (χ1v) is 4.05. The Hall–Kier alpha value is -1.16. The number of pyridine rings is 1. The number of hydrogen-bond donors (Lipinski definition) is 0. The molecule has 0 aliphatic rings. The summed E-state index contributed by atoms with van der Waals surface area (Å²) in [5.74, 6) is 0. The molecular formula is C9H8BrN3. The lowest BCUT2D eigenvalue weighted by Gasteiger charge is -1.97. The smallest absolute Gasteiger partial charge is 0.0863 e. The minimum atomic E-state index is -2.57. The van der Waals surface area contributed by atoms with Gasteiger partial charge in [-0.3, -0.25) is 4.98 Å². The highest BCUT2D eigenvalue weighted by molar-refractivity contribution is 9.10. The van der Waals surface area contributed by atoms with E-state index < -0.39 is 31.3 Å². The fourth-order valence-electron chi connectivity index (χ4n) is 0.745. The second-order valence-corrected chi connectivity index (χ2v) is 2.91. The van der Waals surface area contributed by atoms with Gasteiger partial charge in [-0.1, -0.05) is 0 Å².